The van der Waals surface area contributed by atoms with Crippen molar-refractivity contribution in [2.24, 2.45) is 5.41 Å². The molecule has 0 aromatic carbocycles. The van der Waals surface area contributed by atoms with Crippen LogP contribution in [0.15, 0.2) is 12.3 Å². The van der Waals surface area contributed by atoms with Crippen LogP contribution in [0.5, 0.6) is 0 Å². The number of carbonyl (C=O) groups excluding carboxylic acids is 1. The lowest BCUT2D eigenvalue weighted by molar-refractivity contribution is -0.119. The highest BCUT2D eigenvalue weighted by molar-refractivity contribution is 5.73. The maximum absolute atomic E-state index is 11.0. The van der Waals surface area contributed by atoms with Crippen LogP contribution in [0.2, 0.25) is 0 Å². The fraction of sp³-hybridized carbons (Fsp3) is 0.786. The zero-order chi connectivity index (χ0) is 13.1. The van der Waals surface area contributed by atoms with Gasteiger partial charge in [0, 0.05) is 31.8 Å². The first-order valence-corrected chi connectivity index (χ1v) is 6.48. The Bertz CT molecular complexity index is 283. The zero-order valence-corrected chi connectivity index (χ0v) is 11.7. The van der Waals surface area contributed by atoms with Crippen LogP contribution in [0.25, 0.3) is 0 Å². The van der Waals surface area contributed by atoms with Crippen molar-refractivity contribution in [2.75, 3.05) is 13.1 Å². The lowest BCUT2D eigenvalue weighted by Gasteiger charge is -2.36. The van der Waals surface area contributed by atoms with Gasteiger partial charge in [0.25, 0.3) is 0 Å². The molecule has 0 saturated carbocycles. The van der Waals surface area contributed by atoms with Crippen LogP contribution in [-0.2, 0) is 4.79 Å². The van der Waals surface area contributed by atoms with Gasteiger partial charge < -0.3 is 10.2 Å². The van der Waals surface area contributed by atoms with Crippen LogP contribution in [0.4, 0.5) is 0 Å². The topological polar surface area (TPSA) is 32.3 Å². The average Bonchev–Trinajstić information content (AvgIpc) is 2.15. The first-order valence-electron chi connectivity index (χ1n) is 6.48. The van der Waals surface area contributed by atoms with Crippen molar-refractivity contribution in [3.8, 4) is 0 Å². The summed E-state index contributed by atoms with van der Waals surface area (Å²) in [5.74, 6) is 0.0805. The molecule has 1 heterocycles. The van der Waals surface area contributed by atoms with E-state index in [0.717, 1.165) is 32.4 Å². The van der Waals surface area contributed by atoms with Crippen LogP contribution in [0.3, 0.4) is 0 Å². The van der Waals surface area contributed by atoms with Gasteiger partial charge in [0.2, 0.25) is 5.91 Å². The third kappa shape index (κ3) is 5.24. The van der Waals surface area contributed by atoms with Gasteiger partial charge in [-0.2, -0.15) is 0 Å². The monoisotopic (exact) mass is 238 g/mol. The van der Waals surface area contributed by atoms with Crippen LogP contribution >= 0.6 is 0 Å². The molecule has 0 aromatic rings. The molecule has 98 valence electrons. The molecule has 0 spiro atoms. The molecule has 1 amide bonds. The summed E-state index contributed by atoms with van der Waals surface area (Å²) in [5.41, 5.74) is 1.53. The second kappa shape index (κ2) is 5.56. The Labute approximate surface area is 105 Å². The van der Waals surface area contributed by atoms with Crippen LogP contribution in [-0.4, -0.2) is 29.9 Å². The fourth-order valence-corrected chi connectivity index (χ4v) is 2.35. The normalized spacial score (nSPS) is 18.0. The standard InChI is InChI=1S/C14H26N2O/c1-11(10-14(3,4)5)16-8-6-13(7-9-16)15-12(2)17/h13H,1,6-10H2,2-5H3,(H,15,17). The lowest BCUT2D eigenvalue weighted by atomic mass is 9.90. The van der Waals surface area contributed by atoms with Gasteiger partial charge in [-0.25, -0.2) is 0 Å². The smallest absolute Gasteiger partial charge is 0.217 e. The molecule has 1 fully saturated rings. The van der Waals surface area contributed by atoms with Gasteiger partial charge >= 0.3 is 0 Å². The Morgan fingerprint density at radius 1 is 1.35 bits per heavy atom. The van der Waals surface area contributed by atoms with Gasteiger partial charge in [-0.1, -0.05) is 27.4 Å². The van der Waals surface area contributed by atoms with Crippen molar-refractivity contribution in [3.05, 3.63) is 12.3 Å². The highest BCUT2D eigenvalue weighted by Crippen LogP contribution is 2.26. The number of likely N-dealkylation sites (tertiary alicyclic amines) is 1. The van der Waals surface area contributed by atoms with Gasteiger partial charge in [-0.3, -0.25) is 4.79 Å². The summed E-state index contributed by atoms with van der Waals surface area (Å²) in [6.45, 7) is 14.5. The molecular formula is C14H26N2O. The van der Waals surface area contributed by atoms with Crippen LogP contribution < -0.4 is 5.32 Å². The first-order chi connectivity index (χ1) is 7.78. The fourth-order valence-electron chi connectivity index (χ4n) is 2.35. The minimum Gasteiger partial charge on any atom is -0.375 e. The molecule has 0 aromatic heterocycles. The third-order valence-electron chi connectivity index (χ3n) is 3.08. The maximum atomic E-state index is 11.0. The third-order valence-corrected chi connectivity index (χ3v) is 3.08. The number of nitrogens with one attached hydrogen (secondary N) is 1. The Morgan fingerprint density at radius 2 is 1.88 bits per heavy atom. The molecule has 1 rings (SSSR count). The predicted octanol–water partition coefficient (Wildman–Crippen LogP) is 2.54. The van der Waals surface area contributed by atoms with Crippen molar-refractivity contribution >= 4 is 5.91 Å². The number of nitrogens with zero attached hydrogens (tertiary/aromatic N) is 1. The Hall–Kier alpha value is -0.990. The van der Waals surface area contributed by atoms with Crippen molar-refractivity contribution < 1.29 is 4.79 Å². The largest absolute Gasteiger partial charge is 0.375 e. The van der Waals surface area contributed by atoms with Gasteiger partial charge in [0.1, 0.15) is 0 Å². The van der Waals surface area contributed by atoms with E-state index in [1.165, 1.54) is 5.70 Å². The van der Waals surface area contributed by atoms with E-state index in [1.54, 1.807) is 6.92 Å². The molecule has 3 heteroatoms. The molecule has 0 aliphatic carbocycles. The highest BCUT2D eigenvalue weighted by atomic mass is 16.1. The first kappa shape index (κ1) is 14.1. The molecular weight excluding hydrogens is 212 g/mol. The summed E-state index contributed by atoms with van der Waals surface area (Å²) in [7, 11) is 0. The predicted molar refractivity (Wildman–Crippen MR) is 71.6 cm³/mol. The van der Waals surface area contributed by atoms with E-state index in [0.29, 0.717) is 11.5 Å². The van der Waals surface area contributed by atoms with Crippen molar-refractivity contribution in [2.45, 2.75) is 53.0 Å². The maximum Gasteiger partial charge on any atom is 0.217 e. The van der Waals surface area contributed by atoms with Crippen molar-refractivity contribution in [1.82, 2.24) is 10.2 Å². The SMILES string of the molecule is C=C(CC(C)(C)C)N1CCC(NC(C)=O)CC1. The summed E-state index contributed by atoms with van der Waals surface area (Å²) in [6.07, 6.45) is 3.10. The van der Waals surface area contributed by atoms with Gasteiger partial charge in [-0.05, 0) is 24.7 Å². The summed E-state index contributed by atoms with van der Waals surface area (Å²) < 4.78 is 0. The zero-order valence-electron chi connectivity index (χ0n) is 11.7. The average molecular weight is 238 g/mol. The molecule has 0 unspecified atom stereocenters. The summed E-state index contributed by atoms with van der Waals surface area (Å²) in [4.78, 5) is 13.3. The molecule has 1 N–H and O–H groups in total. The number of rotatable bonds is 3. The van der Waals surface area contributed by atoms with Crippen LogP contribution in [0.1, 0.15) is 47.0 Å². The summed E-state index contributed by atoms with van der Waals surface area (Å²) >= 11 is 0. The lowest BCUT2D eigenvalue weighted by Crippen LogP contribution is -2.43. The summed E-state index contributed by atoms with van der Waals surface area (Å²) in [5, 5.41) is 2.99. The van der Waals surface area contributed by atoms with Gasteiger partial charge in [0.15, 0.2) is 0 Å². The van der Waals surface area contributed by atoms with Crippen molar-refractivity contribution in [1.29, 1.82) is 0 Å². The quantitative estimate of drug-likeness (QED) is 0.819. The minimum absolute atomic E-state index is 0.0805. The van der Waals surface area contributed by atoms with E-state index in [1.807, 2.05) is 0 Å². The van der Waals surface area contributed by atoms with Gasteiger partial charge in [0.05, 0.1) is 0 Å². The summed E-state index contributed by atoms with van der Waals surface area (Å²) in [6, 6.07) is 0.353. The van der Waals surface area contributed by atoms with E-state index in [-0.39, 0.29) is 5.91 Å². The number of piperidine rings is 1. The molecule has 1 aliphatic heterocycles. The second-order valence-corrected chi connectivity index (χ2v) is 6.27. The Morgan fingerprint density at radius 3 is 2.29 bits per heavy atom. The number of hydrogen-bond acceptors (Lipinski definition) is 2. The molecule has 0 bridgehead atoms. The molecule has 0 atom stereocenters. The van der Waals surface area contributed by atoms with E-state index < -0.39 is 0 Å². The molecule has 1 saturated heterocycles. The number of hydrogen-bond donors (Lipinski definition) is 1. The highest BCUT2D eigenvalue weighted by Gasteiger charge is 2.22. The molecule has 1 aliphatic rings. The number of carbonyl (C=O) groups is 1. The van der Waals surface area contributed by atoms with Gasteiger partial charge in [-0.15, -0.1) is 0 Å². The minimum atomic E-state index is 0.0805. The second-order valence-electron chi connectivity index (χ2n) is 6.27. The Kier molecular flexibility index (Phi) is 4.61. The van der Waals surface area contributed by atoms with E-state index in [9.17, 15) is 4.79 Å². The van der Waals surface area contributed by atoms with E-state index in [2.05, 4.69) is 37.6 Å². The number of allylic oxidation sites excluding steroid dienone is 1. The van der Waals surface area contributed by atoms with E-state index >= 15 is 0 Å². The number of amides is 1. The van der Waals surface area contributed by atoms with Crippen molar-refractivity contribution in [3.63, 3.8) is 0 Å². The molecule has 3 nitrogen and oxygen atoms in total. The Balaban J connectivity index is 2.36. The van der Waals surface area contributed by atoms with Crippen LogP contribution in [0, 0.1) is 5.41 Å². The van der Waals surface area contributed by atoms with E-state index in [4.69, 9.17) is 0 Å². The molecule has 17 heavy (non-hydrogen) atoms. The molecule has 0 radical (unpaired) electrons.